The molecule has 0 saturated carbocycles. The van der Waals surface area contributed by atoms with Crippen LogP contribution in [0.3, 0.4) is 0 Å². The molecule has 0 amide bonds. The molecule has 0 radical (unpaired) electrons. The van der Waals surface area contributed by atoms with Crippen molar-refractivity contribution < 1.29 is 26.0 Å². The molecule has 160 valence electrons. The van der Waals surface area contributed by atoms with E-state index in [0.29, 0.717) is 10.6 Å². The van der Waals surface area contributed by atoms with Crippen LogP contribution in [0.1, 0.15) is 16.6 Å². The van der Waals surface area contributed by atoms with Crippen LogP contribution in [0.15, 0.2) is 75.1 Å². The Morgan fingerprint density at radius 2 is 1.77 bits per heavy atom. The third-order valence-corrected chi connectivity index (χ3v) is 8.22. The maximum atomic E-state index is 13.2. The van der Waals surface area contributed by atoms with Crippen LogP contribution in [0.4, 0.5) is 0 Å². The highest BCUT2D eigenvalue weighted by Gasteiger charge is 2.33. The van der Waals surface area contributed by atoms with Crippen molar-refractivity contribution in [3.8, 4) is 5.75 Å². The maximum absolute atomic E-state index is 13.2. The summed E-state index contributed by atoms with van der Waals surface area (Å²) in [7, 11) is -6.68. The Balaban J connectivity index is 1.96. The number of furan rings is 1. The first-order valence-corrected chi connectivity index (χ1v) is 12.2. The van der Waals surface area contributed by atoms with Crippen molar-refractivity contribution in [3.05, 3.63) is 77.2 Å². The van der Waals surface area contributed by atoms with E-state index in [-0.39, 0.29) is 21.3 Å². The van der Waals surface area contributed by atoms with Crippen molar-refractivity contribution in [1.82, 2.24) is 4.72 Å². The van der Waals surface area contributed by atoms with E-state index in [1.165, 1.54) is 55.8 Å². The van der Waals surface area contributed by atoms with Gasteiger partial charge in [-0.2, -0.15) is 0 Å². The van der Waals surface area contributed by atoms with Crippen molar-refractivity contribution in [2.45, 2.75) is 22.0 Å². The first kappa shape index (κ1) is 22.4. The van der Waals surface area contributed by atoms with Gasteiger partial charge in [0.05, 0.1) is 18.3 Å². The molecule has 0 aliphatic carbocycles. The van der Waals surface area contributed by atoms with E-state index >= 15 is 0 Å². The molecule has 10 heteroatoms. The zero-order valence-electron chi connectivity index (χ0n) is 16.2. The molecule has 3 rings (SSSR count). The molecule has 0 saturated heterocycles. The minimum atomic E-state index is -4.06. The molecule has 0 fully saturated rings. The maximum Gasteiger partial charge on any atom is 0.244 e. The summed E-state index contributed by atoms with van der Waals surface area (Å²) in [6, 6.07) is 13.4. The van der Waals surface area contributed by atoms with Crippen molar-refractivity contribution in [2.75, 3.05) is 13.7 Å². The standard InChI is InChI=1S/C20H20ClNO6S2/c1-14-5-10-17(27-2)19(12-14)30(25,26)22-13-20(18-4-3-11-28-18)29(23,24)16-8-6-15(21)7-9-16/h3-12,20,22H,13H2,1-2H3. The molecular weight excluding hydrogens is 450 g/mol. The van der Waals surface area contributed by atoms with Gasteiger partial charge in [0, 0.05) is 11.6 Å². The SMILES string of the molecule is COc1ccc(C)cc1S(=O)(=O)NCC(c1ccco1)S(=O)(=O)c1ccc(Cl)cc1. The first-order valence-electron chi connectivity index (χ1n) is 8.82. The van der Waals surface area contributed by atoms with Crippen LogP contribution < -0.4 is 9.46 Å². The van der Waals surface area contributed by atoms with E-state index in [1.54, 1.807) is 19.1 Å². The molecule has 1 aromatic heterocycles. The molecular formula is C20H20ClNO6S2. The number of sulfone groups is 1. The lowest BCUT2D eigenvalue weighted by Gasteiger charge is -2.18. The lowest BCUT2D eigenvalue weighted by molar-refractivity contribution is 0.402. The van der Waals surface area contributed by atoms with E-state index in [0.717, 1.165) is 0 Å². The molecule has 1 unspecified atom stereocenters. The monoisotopic (exact) mass is 469 g/mol. The Labute approximate surface area is 180 Å². The lowest BCUT2D eigenvalue weighted by atomic mass is 10.2. The van der Waals surface area contributed by atoms with Gasteiger partial charge in [-0.15, -0.1) is 0 Å². The van der Waals surface area contributed by atoms with Gasteiger partial charge in [0.1, 0.15) is 21.7 Å². The van der Waals surface area contributed by atoms with Crippen LogP contribution in [0.2, 0.25) is 5.02 Å². The average molecular weight is 470 g/mol. The van der Waals surface area contributed by atoms with Gasteiger partial charge in [0.25, 0.3) is 0 Å². The molecule has 30 heavy (non-hydrogen) atoms. The Morgan fingerprint density at radius 3 is 2.37 bits per heavy atom. The minimum Gasteiger partial charge on any atom is -0.495 e. The second-order valence-corrected chi connectivity index (χ2v) is 10.8. The van der Waals surface area contributed by atoms with Crippen molar-refractivity contribution in [1.29, 1.82) is 0 Å². The highest BCUT2D eigenvalue weighted by Crippen LogP contribution is 2.31. The number of benzene rings is 2. The largest absolute Gasteiger partial charge is 0.495 e. The number of sulfonamides is 1. The fourth-order valence-electron chi connectivity index (χ4n) is 2.88. The predicted octanol–water partition coefficient (Wildman–Crippen LogP) is 3.74. The first-order chi connectivity index (χ1) is 14.1. The smallest absolute Gasteiger partial charge is 0.244 e. The van der Waals surface area contributed by atoms with E-state index < -0.39 is 31.7 Å². The zero-order chi connectivity index (χ0) is 21.9. The fraction of sp³-hybridized carbons (Fsp3) is 0.200. The summed E-state index contributed by atoms with van der Waals surface area (Å²) in [5, 5.41) is -0.894. The molecule has 2 aromatic carbocycles. The van der Waals surface area contributed by atoms with Gasteiger partial charge >= 0.3 is 0 Å². The Hall–Kier alpha value is -2.33. The molecule has 0 aliphatic heterocycles. The second kappa shape index (κ2) is 8.81. The van der Waals surface area contributed by atoms with Gasteiger partial charge in [0.2, 0.25) is 10.0 Å². The molecule has 0 bridgehead atoms. The van der Waals surface area contributed by atoms with E-state index in [2.05, 4.69) is 4.72 Å². The quantitative estimate of drug-likeness (QED) is 0.539. The average Bonchev–Trinajstić information content (AvgIpc) is 3.22. The number of aryl methyl sites for hydroxylation is 1. The van der Waals surface area contributed by atoms with Crippen LogP contribution in [-0.2, 0) is 19.9 Å². The summed E-state index contributed by atoms with van der Waals surface area (Å²) in [6.07, 6.45) is 1.33. The van der Waals surface area contributed by atoms with Gasteiger partial charge in [-0.1, -0.05) is 17.7 Å². The number of methoxy groups -OCH3 is 1. The van der Waals surface area contributed by atoms with Crippen molar-refractivity contribution >= 4 is 31.5 Å². The van der Waals surface area contributed by atoms with E-state index in [1.807, 2.05) is 0 Å². The van der Waals surface area contributed by atoms with Gasteiger partial charge in [-0.3, -0.25) is 0 Å². The number of hydrogen-bond donors (Lipinski definition) is 1. The number of hydrogen-bond acceptors (Lipinski definition) is 6. The van der Waals surface area contributed by atoms with Gasteiger partial charge in [-0.25, -0.2) is 21.6 Å². The van der Waals surface area contributed by atoms with Crippen LogP contribution >= 0.6 is 11.6 Å². The number of nitrogens with one attached hydrogen (secondary N) is 1. The number of ether oxygens (including phenoxy) is 1. The number of rotatable bonds is 8. The minimum absolute atomic E-state index is 0.000587. The lowest BCUT2D eigenvalue weighted by Crippen LogP contribution is -2.32. The second-order valence-electron chi connectivity index (χ2n) is 6.51. The third-order valence-electron chi connectivity index (χ3n) is 4.44. The molecule has 7 nitrogen and oxygen atoms in total. The zero-order valence-corrected chi connectivity index (χ0v) is 18.6. The molecule has 1 N–H and O–H groups in total. The fourth-order valence-corrected chi connectivity index (χ4v) is 6.00. The third kappa shape index (κ3) is 4.70. The topological polar surface area (TPSA) is 103 Å². The van der Waals surface area contributed by atoms with E-state index in [4.69, 9.17) is 20.8 Å². The van der Waals surface area contributed by atoms with Crippen LogP contribution in [0.5, 0.6) is 5.75 Å². The molecule has 0 spiro atoms. The summed E-state index contributed by atoms with van der Waals surface area (Å²) in [4.78, 5) is -0.0762. The summed E-state index contributed by atoms with van der Waals surface area (Å²) in [5.41, 5.74) is 0.715. The van der Waals surface area contributed by atoms with E-state index in [9.17, 15) is 16.8 Å². The molecule has 1 heterocycles. The Bertz CT molecular complexity index is 1220. The van der Waals surface area contributed by atoms with Gasteiger partial charge in [0.15, 0.2) is 9.84 Å². The van der Waals surface area contributed by atoms with Gasteiger partial charge < -0.3 is 9.15 Å². The predicted molar refractivity (Wildman–Crippen MR) is 113 cm³/mol. The molecule has 3 aromatic rings. The Kier molecular flexibility index (Phi) is 6.56. The summed E-state index contributed by atoms with van der Waals surface area (Å²) in [6.45, 7) is 1.31. The van der Waals surface area contributed by atoms with Crippen LogP contribution in [0.25, 0.3) is 0 Å². The highest BCUT2D eigenvalue weighted by molar-refractivity contribution is 7.92. The number of halogens is 1. The molecule has 1 atom stereocenters. The Morgan fingerprint density at radius 1 is 1.07 bits per heavy atom. The van der Waals surface area contributed by atoms with Crippen molar-refractivity contribution in [2.24, 2.45) is 0 Å². The molecule has 0 aliphatic rings. The summed E-state index contributed by atoms with van der Waals surface area (Å²) in [5.74, 6) is 0.270. The van der Waals surface area contributed by atoms with Gasteiger partial charge in [-0.05, 0) is 61.0 Å². The summed E-state index contributed by atoms with van der Waals surface area (Å²) < 4.78 is 65.1. The van der Waals surface area contributed by atoms with Crippen molar-refractivity contribution in [3.63, 3.8) is 0 Å². The van der Waals surface area contributed by atoms with Crippen LogP contribution in [0, 0.1) is 6.92 Å². The van der Waals surface area contributed by atoms with Crippen LogP contribution in [-0.4, -0.2) is 30.5 Å². The highest BCUT2D eigenvalue weighted by atomic mass is 35.5. The normalized spacial score (nSPS) is 13.2. The summed E-state index contributed by atoms with van der Waals surface area (Å²) >= 11 is 5.85.